The highest BCUT2D eigenvalue weighted by molar-refractivity contribution is 5.61. The van der Waals surface area contributed by atoms with E-state index >= 15 is 0 Å². The Hall–Kier alpha value is -1.94. The van der Waals surface area contributed by atoms with Gasteiger partial charge in [-0.15, -0.1) is 0 Å². The van der Waals surface area contributed by atoms with Crippen LogP contribution in [0.5, 0.6) is 0 Å². The van der Waals surface area contributed by atoms with Gasteiger partial charge in [0.25, 0.3) is 5.56 Å². The highest BCUT2D eigenvalue weighted by Gasteiger charge is 2.10. The zero-order valence-corrected chi connectivity index (χ0v) is 12.9. The van der Waals surface area contributed by atoms with Crippen LogP contribution in [0, 0.1) is 13.8 Å². The molecule has 0 atom stereocenters. The predicted molar refractivity (Wildman–Crippen MR) is 84.2 cm³/mol. The lowest BCUT2D eigenvalue weighted by atomic mass is 10.0. The van der Waals surface area contributed by atoms with Gasteiger partial charge in [-0.3, -0.25) is 4.79 Å². The Morgan fingerprint density at radius 2 is 1.95 bits per heavy atom. The Kier molecular flexibility index (Phi) is 4.91. The maximum atomic E-state index is 12.2. The molecule has 4 heteroatoms. The number of aryl methyl sites for hydroxylation is 3. The molecule has 0 spiro atoms. The molecular weight excluding hydrogens is 264 g/mol. The van der Waals surface area contributed by atoms with Gasteiger partial charge in [-0.1, -0.05) is 25.5 Å². The largest absolute Gasteiger partial charge is 0.391 e. The summed E-state index contributed by atoms with van der Waals surface area (Å²) in [6.07, 6.45) is 1.89. The predicted octanol–water partition coefficient (Wildman–Crippen LogP) is 2.82. The second-order valence-corrected chi connectivity index (χ2v) is 5.39. The second-order valence-electron chi connectivity index (χ2n) is 5.39. The van der Waals surface area contributed by atoms with Crippen LogP contribution in [-0.4, -0.2) is 14.9 Å². The monoisotopic (exact) mass is 286 g/mol. The molecule has 1 N–H and O–H groups in total. The lowest BCUT2D eigenvalue weighted by Crippen LogP contribution is -2.26. The highest BCUT2D eigenvalue weighted by Crippen LogP contribution is 2.20. The van der Waals surface area contributed by atoms with Gasteiger partial charge in [-0.25, -0.2) is 4.68 Å². The maximum absolute atomic E-state index is 12.2. The summed E-state index contributed by atoms with van der Waals surface area (Å²) in [5.74, 6) is 0. The summed E-state index contributed by atoms with van der Waals surface area (Å²) in [4.78, 5) is 12.2. The molecule has 0 aliphatic heterocycles. The van der Waals surface area contributed by atoms with Crippen LogP contribution in [0.25, 0.3) is 11.3 Å². The van der Waals surface area contributed by atoms with E-state index < -0.39 is 0 Å². The average Bonchev–Trinajstić information content (AvgIpc) is 2.49. The Morgan fingerprint density at radius 1 is 1.19 bits per heavy atom. The van der Waals surface area contributed by atoms with E-state index in [2.05, 4.69) is 31.9 Å². The molecule has 4 nitrogen and oxygen atoms in total. The van der Waals surface area contributed by atoms with Crippen molar-refractivity contribution in [3.63, 3.8) is 0 Å². The summed E-state index contributed by atoms with van der Waals surface area (Å²) < 4.78 is 1.47. The SMILES string of the molecule is CCCCn1nc(-c2ccc(C)c(C)c2)cc(CO)c1=O. The number of unbranched alkanes of at least 4 members (excludes halogenated alkanes) is 1. The molecule has 0 radical (unpaired) electrons. The number of aliphatic hydroxyl groups excluding tert-OH is 1. The highest BCUT2D eigenvalue weighted by atomic mass is 16.3. The maximum Gasteiger partial charge on any atom is 0.272 e. The van der Waals surface area contributed by atoms with Gasteiger partial charge in [0, 0.05) is 17.7 Å². The van der Waals surface area contributed by atoms with E-state index in [1.165, 1.54) is 15.8 Å². The smallest absolute Gasteiger partial charge is 0.272 e. The number of aliphatic hydroxyl groups is 1. The van der Waals surface area contributed by atoms with Gasteiger partial charge >= 0.3 is 0 Å². The third kappa shape index (κ3) is 3.39. The number of benzene rings is 1. The fraction of sp³-hybridized carbons (Fsp3) is 0.412. The molecule has 0 unspecified atom stereocenters. The van der Waals surface area contributed by atoms with Crippen molar-refractivity contribution >= 4 is 0 Å². The minimum absolute atomic E-state index is 0.196. The van der Waals surface area contributed by atoms with Crippen LogP contribution in [0.3, 0.4) is 0 Å². The summed E-state index contributed by atoms with van der Waals surface area (Å²) in [6.45, 7) is 6.52. The average molecular weight is 286 g/mol. The van der Waals surface area contributed by atoms with Crippen LogP contribution in [0.15, 0.2) is 29.1 Å². The van der Waals surface area contributed by atoms with E-state index in [1.807, 2.05) is 12.1 Å². The van der Waals surface area contributed by atoms with Crippen LogP contribution < -0.4 is 5.56 Å². The molecule has 0 fully saturated rings. The zero-order chi connectivity index (χ0) is 15.4. The van der Waals surface area contributed by atoms with Gasteiger partial charge < -0.3 is 5.11 Å². The summed E-state index contributed by atoms with van der Waals surface area (Å²) in [5, 5.41) is 13.8. The van der Waals surface area contributed by atoms with Crippen molar-refractivity contribution in [2.24, 2.45) is 0 Å². The van der Waals surface area contributed by atoms with Crippen LogP contribution in [0.1, 0.15) is 36.5 Å². The topological polar surface area (TPSA) is 55.1 Å². The molecule has 0 saturated heterocycles. The summed E-state index contributed by atoms with van der Waals surface area (Å²) >= 11 is 0. The number of nitrogens with zero attached hydrogens (tertiary/aromatic N) is 2. The van der Waals surface area contributed by atoms with Gasteiger partial charge in [0.1, 0.15) is 0 Å². The standard InChI is InChI=1S/C17H22N2O2/c1-4-5-8-19-17(21)15(11-20)10-16(18-19)14-7-6-12(2)13(3)9-14/h6-7,9-10,20H,4-5,8,11H2,1-3H3. The first kappa shape index (κ1) is 15.4. The number of hydrogen-bond acceptors (Lipinski definition) is 3. The van der Waals surface area contributed by atoms with E-state index in [0.717, 1.165) is 24.1 Å². The summed E-state index contributed by atoms with van der Waals surface area (Å²) in [7, 11) is 0. The molecule has 1 aromatic heterocycles. The summed E-state index contributed by atoms with van der Waals surface area (Å²) in [6, 6.07) is 7.80. The molecular formula is C17H22N2O2. The molecule has 1 heterocycles. The second kappa shape index (κ2) is 6.68. The molecule has 1 aromatic carbocycles. The molecule has 0 amide bonds. The van der Waals surface area contributed by atoms with Gasteiger partial charge in [-0.05, 0) is 43.5 Å². The van der Waals surface area contributed by atoms with Crippen LogP contribution in [0.4, 0.5) is 0 Å². The van der Waals surface area contributed by atoms with E-state index in [4.69, 9.17) is 0 Å². The quantitative estimate of drug-likeness (QED) is 0.919. The molecule has 2 aromatic rings. The molecule has 2 rings (SSSR count). The number of hydrogen-bond donors (Lipinski definition) is 1. The van der Waals surface area contributed by atoms with E-state index in [9.17, 15) is 9.90 Å². The number of rotatable bonds is 5. The van der Waals surface area contributed by atoms with Crippen molar-refractivity contribution in [3.8, 4) is 11.3 Å². The molecule has 0 aliphatic rings. The minimum atomic E-state index is -0.259. The third-order valence-corrected chi connectivity index (χ3v) is 3.75. The lowest BCUT2D eigenvalue weighted by molar-refractivity contribution is 0.278. The molecule has 0 bridgehead atoms. The molecule has 21 heavy (non-hydrogen) atoms. The Bertz CT molecular complexity index is 690. The van der Waals surface area contributed by atoms with E-state index in [1.54, 1.807) is 6.07 Å². The Balaban J connectivity index is 2.52. The van der Waals surface area contributed by atoms with Crippen molar-refractivity contribution in [2.45, 2.75) is 46.8 Å². The fourth-order valence-electron chi connectivity index (χ4n) is 2.21. The van der Waals surface area contributed by atoms with Crippen molar-refractivity contribution in [1.29, 1.82) is 0 Å². The van der Waals surface area contributed by atoms with Gasteiger partial charge in [0.2, 0.25) is 0 Å². The van der Waals surface area contributed by atoms with Gasteiger partial charge in [-0.2, -0.15) is 5.10 Å². The van der Waals surface area contributed by atoms with E-state index in [0.29, 0.717) is 12.1 Å². The van der Waals surface area contributed by atoms with Crippen molar-refractivity contribution in [3.05, 3.63) is 51.3 Å². The fourth-order valence-corrected chi connectivity index (χ4v) is 2.21. The third-order valence-electron chi connectivity index (χ3n) is 3.75. The van der Waals surface area contributed by atoms with Crippen molar-refractivity contribution in [1.82, 2.24) is 9.78 Å². The molecule has 0 aliphatic carbocycles. The minimum Gasteiger partial charge on any atom is -0.391 e. The number of aromatic nitrogens is 2. The Morgan fingerprint density at radius 3 is 2.57 bits per heavy atom. The molecule has 0 saturated carbocycles. The van der Waals surface area contributed by atoms with Crippen LogP contribution >= 0.6 is 0 Å². The Labute approximate surface area is 125 Å². The zero-order valence-electron chi connectivity index (χ0n) is 12.9. The van der Waals surface area contributed by atoms with Crippen LogP contribution in [-0.2, 0) is 13.2 Å². The van der Waals surface area contributed by atoms with Crippen molar-refractivity contribution < 1.29 is 5.11 Å². The normalized spacial score (nSPS) is 10.9. The molecule has 112 valence electrons. The summed E-state index contributed by atoms with van der Waals surface area (Å²) in [5.41, 5.74) is 4.32. The first-order valence-electron chi connectivity index (χ1n) is 7.36. The van der Waals surface area contributed by atoms with Gasteiger partial charge in [0.15, 0.2) is 0 Å². The van der Waals surface area contributed by atoms with Crippen molar-refractivity contribution in [2.75, 3.05) is 0 Å². The first-order valence-corrected chi connectivity index (χ1v) is 7.36. The first-order chi connectivity index (χ1) is 10.1. The lowest BCUT2D eigenvalue weighted by Gasteiger charge is -2.10. The van der Waals surface area contributed by atoms with Gasteiger partial charge in [0.05, 0.1) is 12.3 Å². The van der Waals surface area contributed by atoms with E-state index in [-0.39, 0.29) is 12.2 Å². The van der Waals surface area contributed by atoms with Crippen LogP contribution in [0.2, 0.25) is 0 Å².